The van der Waals surface area contributed by atoms with E-state index in [1.165, 1.54) is 6.42 Å². The maximum atomic E-state index is 12.7. The summed E-state index contributed by atoms with van der Waals surface area (Å²) < 4.78 is 10.6. The van der Waals surface area contributed by atoms with Crippen LogP contribution in [0.3, 0.4) is 0 Å². The predicted octanol–water partition coefficient (Wildman–Crippen LogP) is 3.02. The van der Waals surface area contributed by atoms with Crippen molar-refractivity contribution in [3.05, 3.63) is 41.7 Å². The number of carbonyl (C=O) groups excluding carboxylic acids is 1. The van der Waals surface area contributed by atoms with E-state index in [9.17, 15) is 4.79 Å². The van der Waals surface area contributed by atoms with Crippen molar-refractivity contribution in [2.24, 2.45) is 5.92 Å². The van der Waals surface area contributed by atoms with Crippen molar-refractivity contribution < 1.29 is 14.3 Å². The average Bonchev–Trinajstić information content (AvgIpc) is 2.73. The molecule has 0 aliphatic carbocycles. The molecule has 2 heterocycles. The first kappa shape index (κ1) is 19.9. The summed E-state index contributed by atoms with van der Waals surface area (Å²) in [6, 6.07) is 7.53. The third kappa shape index (κ3) is 4.91. The molecular weight excluding hydrogens is 356 g/mol. The Balaban J connectivity index is 1.58. The van der Waals surface area contributed by atoms with Crippen molar-refractivity contribution in [3.8, 4) is 11.5 Å². The quantitative estimate of drug-likeness (QED) is 0.791. The van der Waals surface area contributed by atoms with Gasteiger partial charge in [-0.05, 0) is 48.9 Å². The fraction of sp³-hybridized carbons (Fsp3) is 0.476. The molecule has 3 rings (SSSR count). The lowest BCUT2D eigenvalue weighted by atomic mass is 10.00. The van der Waals surface area contributed by atoms with Crippen LogP contribution < -0.4 is 14.8 Å². The number of rotatable bonds is 7. The maximum Gasteiger partial charge on any atom is 0.272 e. The Hall–Kier alpha value is -2.83. The second-order valence-electron chi connectivity index (χ2n) is 7.13. The molecule has 0 radical (unpaired) electrons. The van der Waals surface area contributed by atoms with Gasteiger partial charge in [-0.1, -0.05) is 13.0 Å². The van der Waals surface area contributed by atoms with Crippen LogP contribution in [0.25, 0.3) is 0 Å². The minimum Gasteiger partial charge on any atom is -0.493 e. The fourth-order valence-electron chi connectivity index (χ4n) is 3.45. The highest BCUT2D eigenvalue weighted by atomic mass is 16.5. The van der Waals surface area contributed by atoms with Crippen molar-refractivity contribution in [3.63, 3.8) is 0 Å². The number of piperidine rings is 1. The monoisotopic (exact) mass is 384 g/mol. The molecule has 1 atom stereocenters. The zero-order valence-electron chi connectivity index (χ0n) is 16.8. The standard InChI is InChI=1S/C21H28N4O3/c1-15-5-4-12-25(14-15)20(26)17-9-11-23-21(24-17)22-10-8-16-6-7-18(27-2)19(13-16)28-3/h6-7,9,11,13,15H,4-5,8,10,12,14H2,1-3H3,(H,22,23,24). The van der Waals surface area contributed by atoms with Crippen LogP contribution in [0, 0.1) is 5.92 Å². The Morgan fingerprint density at radius 1 is 1.25 bits per heavy atom. The first-order valence-electron chi connectivity index (χ1n) is 9.67. The van der Waals surface area contributed by atoms with Gasteiger partial charge in [0.1, 0.15) is 5.69 Å². The summed E-state index contributed by atoms with van der Waals surface area (Å²) in [5, 5.41) is 3.20. The lowest BCUT2D eigenvalue weighted by Gasteiger charge is -2.30. The summed E-state index contributed by atoms with van der Waals surface area (Å²) in [5.41, 5.74) is 1.55. The van der Waals surface area contributed by atoms with E-state index in [2.05, 4.69) is 22.2 Å². The summed E-state index contributed by atoms with van der Waals surface area (Å²) >= 11 is 0. The smallest absolute Gasteiger partial charge is 0.272 e. The van der Waals surface area contributed by atoms with E-state index in [-0.39, 0.29) is 5.91 Å². The number of ether oxygens (including phenoxy) is 2. The van der Waals surface area contributed by atoms with Crippen molar-refractivity contribution in [1.29, 1.82) is 0 Å². The third-order valence-corrected chi connectivity index (χ3v) is 4.96. The summed E-state index contributed by atoms with van der Waals surface area (Å²) in [4.78, 5) is 23.2. The van der Waals surface area contributed by atoms with E-state index in [0.29, 0.717) is 35.6 Å². The van der Waals surface area contributed by atoms with Gasteiger partial charge in [-0.25, -0.2) is 9.97 Å². The molecule has 1 N–H and O–H groups in total. The summed E-state index contributed by atoms with van der Waals surface area (Å²) in [7, 11) is 3.24. The van der Waals surface area contributed by atoms with Gasteiger partial charge < -0.3 is 19.7 Å². The number of hydrogen-bond acceptors (Lipinski definition) is 6. The molecule has 7 nitrogen and oxygen atoms in total. The number of hydrogen-bond donors (Lipinski definition) is 1. The molecule has 1 saturated heterocycles. The SMILES string of the molecule is COc1ccc(CCNc2nccc(C(=O)N3CCCC(C)C3)n2)cc1OC. The van der Waals surface area contributed by atoms with Crippen LogP contribution in [-0.2, 0) is 6.42 Å². The van der Waals surface area contributed by atoms with E-state index in [4.69, 9.17) is 9.47 Å². The van der Waals surface area contributed by atoms with Crippen LogP contribution in [-0.4, -0.2) is 54.6 Å². The maximum absolute atomic E-state index is 12.7. The molecule has 1 aliphatic heterocycles. The zero-order chi connectivity index (χ0) is 19.9. The largest absolute Gasteiger partial charge is 0.493 e. The van der Waals surface area contributed by atoms with Crippen molar-refractivity contribution in [2.45, 2.75) is 26.2 Å². The van der Waals surface area contributed by atoms with E-state index < -0.39 is 0 Å². The number of aromatic nitrogens is 2. The summed E-state index contributed by atoms with van der Waals surface area (Å²) in [6.45, 7) is 4.43. The fourth-order valence-corrected chi connectivity index (χ4v) is 3.45. The molecular formula is C21H28N4O3. The molecule has 1 fully saturated rings. The van der Waals surface area contributed by atoms with Gasteiger partial charge in [0.15, 0.2) is 11.5 Å². The average molecular weight is 384 g/mol. The molecule has 1 amide bonds. The van der Waals surface area contributed by atoms with Crippen LogP contribution in [0.1, 0.15) is 35.8 Å². The van der Waals surface area contributed by atoms with Crippen molar-refractivity contribution in [2.75, 3.05) is 39.2 Å². The Morgan fingerprint density at radius 3 is 2.82 bits per heavy atom. The number of amides is 1. The number of anilines is 1. The molecule has 1 aromatic carbocycles. The number of methoxy groups -OCH3 is 2. The van der Waals surface area contributed by atoms with Gasteiger partial charge in [-0.15, -0.1) is 0 Å². The number of likely N-dealkylation sites (tertiary alicyclic amines) is 1. The van der Waals surface area contributed by atoms with Gasteiger partial charge in [0.05, 0.1) is 14.2 Å². The van der Waals surface area contributed by atoms with E-state index in [1.807, 2.05) is 23.1 Å². The second-order valence-corrected chi connectivity index (χ2v) is 7.13. The summed E-state index contributed by atoms with van der Waals surface area (Å²) in [5.74, 6) is 2.41. The van der Waals surface area contributed by atoms with Gasteiger partial charge in [0.2, 0.25) is 5.95 Å². The van der Waals surface area contributed by atoms with Gasteiger partial charge >= 0.3 is 0 Å². The van der Waals surface area contributed by atoms with Gasteiger partial charge in [-0.2, -0.15) is 0 Å². The molecule has 1 aromatic heterocycles. The molecule has 28 heavy (non-hydrogen) atoms. The molecule has 0 saturated carbocycles. The van der Waals surface area contributed by atoms with Crippen LogP contribution in [0.15, 0.2) is 30.5 Å². The van der Waals surface area contributed by atoms with Gasteiger partial charge in [-0.3, -0.25) is 4.79 Å². The molecule has 2 aromatic rings. The van der Waals surface area contributed by atoms with E-state index in [1.54, 1.807) is 26.5 Å². The van der Waals surface area contributed by atoms with Gasteiger partial charge in [0, 0.05) is 25.8 Å². The number of nitrogens with zero attached hydrogens (tertiary/aromatic N) is 3. The lowest BCUT2D eigenvalue weighted by Crippen LogP contribution is -2.39. The van der Waals surface area contributed by atoms with Gasteiger partial charge in [0.25, 0.3) is 5.91 Å². The minimum absolute atomic E-state index is 0.0168. The van der Waals surface area contributed by atoms with Crippen molar-refractivity contribution >= 4 is 11.9 Å². The van der Waals surface area contributed by atoms with Crippen LogP contribution in [0.5, 0.6) is 11.5 Å². The van der Waals surface area contributed by atoms with Crippen molar-refractivity contribution in [1.82, 2.24) is 14.9 Å². The lowest BCUT2D eigenvalue weighted by molar-refractivity contribution is 0.0677. The molecule has 7 heteroatoms. The normalized spacial score (nSPS) is 16.5. The number of nitrogens with one attached hydrogen (secondary N) is 1. The Labute approximate surface area is 166 Å². The Kier molecular flexibility index (Phi) is 6.68. The Morgan fingerprint density at radius 2 is 2.07 bits per heavy atom. The molecule has 1 aliphatic rings. The van der Waals surface area contributed by atoms with Crippen LogP contribution in [0.2, 0.25) is 0 Å². The highest BCUT2D eigenvalue weighted by Crippen LogP contribution is 2.27. The van der Waals surface area contributed by atoms with Crippen LogP contribution in [0.4, 0.5) is 5.95 Å². The molecule has 150 valence electrons. The first-order valence-corrected chi connectivity index (χ1v) is 9.67. The minimum atomic E-state index is -0.0168. The predicted molar refractivity (Wildman–Crippen MR) is 108 cm³/mol. The van der Waals surface area contributed by atoms with Crippen LogP contribution >= 0.6 is 0 Å². The first-order chi connectivity index (χ1) is 13.6. The van der Waals surface area contributed by atoms with E-state index in [0.717, 1.165) is 31.5 Å². The number of benzene rings is 1. The highest BCUT2D eigenvalue weighted by molar-refractivity contribution is 5.92. The topological polar surface area (TPSA) is 76.6 Å². The Bertz CT molecular complexity index is 812. The van der Waals surface area contributed by atoms with E-state index >= 15 is 0 Å². The molecule has 1 unspecified atom stereocenters. The highest BCUT2D eigenvalue weighted by Gasteiger charge is 2.23. The third-order valence-electron chi connectivity index (χ3n) is 4.96. The summed E-state index contributed by atoms with van der Waals surface area (Å²) in [6.07, 6.45) is 4.63. The molecule has 0 bridgehead atoms. The second kappa shape index (κ2) is 9.39. The molecule has 0 spiro atoms. The number of carbonyl (C=O) groups is 1. The zero-order valence-corrected chi connectivity index (χ0v) is 16.8.